The van der Waals surface area contributed by atoms with Gasteiger partial charge in [-0.2, -0.15) is 11.3 Å². The van der Waals surface area contributed by atoms with Gasteiger partial charge in [-0.1, -0.05) is 11.8 Å². The first-order valence-electron chi connectivity index (χ1n) is 6.15. The number of hydrogen-bond acceptors (Lipinski definition) is 4. The van der Waals surface area contributed by atoms with Gasteiger partial charge < -0.3 is 10.4 Å². The smallest absolute Gasteiger partial charge is 0.271 e. The Hall–Kier alpha value is -2.16. The number of thiophene rings is 1. The van der Waals surface area contributed by atoms with Crippen molar-refractivity contribution >= 4 is 17.2 Å². The second-order valence-electron chi connectivity index (χ2n) is 4.00. The molecule has 102 valence electrons. The summed E-state index contributed by atoms with van der Waals surface area (Å²) in [5.41, 5.74) is 2.02. The first-order chi connectivity index (χ1) is 9.81. The van der Waals surface area contributed by atoms with Crippen LogP contribution in [0.3, 0.4) is 0 Å². The Kier molecular flexibility index (Phi) is 5.30. The molecular formula is C15H14N2O2S. The van der Waals surface area contributed by atoms with Crippen LogP contribution in [-0.4, -0.2) is 29.1 Å². The van der Waals surface area contributed by atoms with Crippen LogP contribution in [0.15, 0.2) is 35.2 Å². The molecule has 0 radical (unpaired) electrons. The minimum absolute atomic E-state index is 0.242. The quantitative estimate of drug-likeness (QED) is 0.837. The predicted molar refractivity (Wildman–Crippen MR) is 78.6 cm³/mol. The van der Waals surface area contributed by atoms with Crippen molar-refractivity contribution in [1.29, 1.82) is 0 Å². The average molecular weight is 286 g/mol. The van der Waals surface area contributed by atoms with Gasteiger partial charge in [0.25, 0.3) is 5.91 Å². The highest BCUT2D eigenvalue weighted by Gasteiger charge is 2.10. The Morgan fingerprint density at radius 3 is 3.10 bits per heavy atom. The Morgan fingerprint density at radius 1 is 1.45 bits per heavy atom. The third-order valence-corrected chi connectivity index (χ3v) is 3.34. The molecule has 1 amide bonds. The van der Waals surface area contributed by atoms with Crippen molar-refractivity contribution in [3.8, 4) is 11.8 Å². The van der Waals surface area contributed by atoms with E-state index in [-0.39, 0.29) is 12.5 Å². The van der Waals surface area contributed by atoms with Gasteiger partial charge in [0.15, 0.2) is 0 Å². The van der Waals surface area contributed by atoms with Crippen molar-refractivity contribution in [3.63, 3.8) is 0 Å². The molecule has 0 bridgehead atoms. The molecule has 2 aromatic rings. The second kappa shape index (κ2) is 7.43. The number of rotatable bonds is 4. The summed E-state index contributed by atoms with van der Waals surface area (Å²) in [5, 5.41) is 15.6. The summed E-state index contributed by atoms with van der Waals surface area (Å²) in [6, 6.07) is 5.46. The number of nitrogens with one attached hydrogen (secondary N) is 1. The highest BCUT2D eigenvalue weighted by atomic mass is 32.1. The molecule has 0 spiro atoms. The largest absolute Gasteiger partial charge is 0.384 e. The molecule has 2 aromatic heterocycles. The van der Waals surface area contributed by atoms with E-state index in [2.05, 4.69) is 27.5 Å². The minimum atomic E-state index is -0.247. The van der Waals surface area contributed by atoms with E-state index in [1.807, 2.05) is 11.4 Å². The number of hydrogen-bond donors (Lipinski definition) is 2. The number of nitrogens with zero attached hydrogens (tertiary/aromatic N) is 1. The maximum atomic E-state index is 12.1. The minimum Gasteiger partial charge on any atom is -0.384 e. The SMILES string of the molecule is O=C(NCCc1ccsc1)c1ncccc1C#CCO. The van der Waals surface area contributed by atoms with E-state index in [0.29, 0.717) is 17.8 Å². The zero-order valence-electron chi connectivity index (χ0n) is 10.8. The van der Waals surface area contributed by atoms with E-state index in [1.54, 1.807) is 29.7 Å². The monoisotopic (exact) mass is 286 g/mol. The summed E-state index contributed by atoms with van der Waals surface area (Å²) in [7, 11) is 0. The van der Waals surface area contributed by atoms with Gasteiger partial charge in [0.1, 0.15) is 12.3 Å². The van der Waals surface area contributed by atoms with Gasteiger partial charge in [-0.05, 0) is 40.9 Å². The van der Waals surface area contributed by atoms with E-state index >= 15 is 0 Å². The van der Waals surface area contributed by atoms with Crippen molar-refractivity contribution < 1.29 is 9.90 Å². The van der Waals surface area contributed by atoms with Gasteiger partial charge in [-0.25, -0.2) is 4.98 Å². The molecule has 0 saturated carbocycles. The molecule has 0 aliphatic rings. The normalized spacial score (nSPS) is 9.65. The van der Waals surface area contributed by atoms with Gasteiger partial charge in [-0.3, -0.25) is 4.79 Å². The lowest BCUT2D eigenvalue weighted by atomic mass is 10.2. The van der Waals surface area contributed by atoms with Gasteiger partial charge in [0, 0.05) is 12.7 Å². The molecule has 0 atom stereocenters. The number of pyridine rings is 1. The molecule has 0 aromatic carbocycles. The average Bonchev–Trinajstić information content (AvgIpc) is 2.98. The maximum absolute atomic E-state index is 12.1. The van der Waals surface area contributed by atoms with Crippen LogP contribution in [0.25, 0.3) is 0 Å². The Morgan fingerprint density at radius 2 is 2.35 bits per heavy atom. The summed E-state index contributed by atoms with van der Waals surface area (Å²) in [4.78, 5) is 16.1. The number of aromatic nitrogens is 1. The summed E-state index contributed by atoms with van der Waals surface area (Å²) < 4.78 is 0. The topological polar surface area (TPSA) is 62.2 Å². The fraction of sp³-hybridized carbons (Fsp3) is 0.200. The van der Waals surface area contributed by atoms with Crippen LogP contribution in [0.5, 0.6) is 0 Å². The second-order valence-corrected chi connectivity index (χ2v) is 4.78. The molecule has 0 aliphatic heterocycles. The highest BCUT2D eigenvalue weighted by molar-refractivity contribution is 7.07. The van der Waals surface area contributed by atoms with Crippen LogP contribution in [0.1, 0.15) is 21.6 Å². The molecule has 0 fully saturated rings. The predicted octanol–water partition coefficient (Wildman–Crippen LogP) is 1.46. The number of aliphatic hydroxyl groups is 1. The highest BCUT2D eigenvalue weighted by Crippen LogP contribution is 2.06. The van der Waals surface area contributed by atoms with Crippen LogP contribution < -0.4 is 5.32 Å². The Labute approximate surface area is 121 Å². The van der Waals surface area contributed by atoms with Crippen LogP contribution >= 0.6 is 11.3 Å². The molecule has 0 saturated heterocycles. The zero-order chi connectivity index (χ0) is 14.2. The van der Waals surface area contributed by atoms with Gasteiger partial charge in [0.2, 0.25) is 0 Å². The summed E-state index contributed by atoms with van der Waals surface area (Å²) in [6.45, 7) is 0.313. The summed E-state index contributed by atoms with van der Waals surface area (Å²) in [6.07, 6.45) is 2.34. The number of carbonyl (C=O) groups is 1. The van der Waals surface area contributed by atoms with Gasteiger partial charge >= 0.3 is 0 Å². The van der Waals surface area contributed by atoms with Crippen molar-refractivity contribution in [2.45, 2.75) is 6.42 Å². The van der Waals surface area contributed by atoms with Crippen LogP contribution in [-0.2, 0) is 6.42 Å². The van der Waals surface area contributed by atoms with Crippen molar-refractivity contribution in [2.75, 3.05) is 13.2 Å². The maximum Gasteiger partial charge on any atom is 0.271 e. The lowest BCUT2D eigenvalue weighted by molar-refractivity contribution is 0.0949. The molecule has 2 heterocycles. The van der Waals surface area contributed by atoms with Crippen molar-refractivity contribution in [1.82, 2.24) is 10.3 Å². The molecular weight excluding hydrogens is 272 g/mol. The first-order valence-corrected chi connectivity index (χ1v) is 7.09. The van der Waals surface area contributed by atoms with Crippen molar-refractivity contribution in [2.24, 2.45) is 0 Å². The van der Waals surface area contributed by atoms with E-state index in [1.165, 1.54) is 5.56 Å². The fourth-order valence-corrected chi connectivity index (χ4v) is 2.36. The Balaban J connectivity index is 1.98. The van der Waals surface area contributed by atoms with Gasteiger partial charge in [0.05, 0.1) is 5.56 Å². The van der Waals surface area contributed by atoms with Crippen LogP contribution in [0.2, 0.25) is 0 Å². The number of aliphatic hydroxyl groups excluding tert-OH is 1. The molecule has 20 heavy (non-hydrogen) atoms. The van der Waals surface area contributed by atoms with E-state index in [0.717, 1.165) is 6.42 Å². The fourth-order valence-electron chi connectivity index (χ4n) is 1.66. The summed E-state index contributed by atoms with van der Waals surface area (Å²) >= 11 is 1.64. The van der Waals surface area contributed by atoms with E-state index < -0.39 is 0 Å². The first kappa shape index (κ1) is 14.3. The van der Waals surface area contributed by atoms with Crippen molar-refractivity contribution in [3.05, 3.63) is 52.0 Å². The van der Waals surface area contributed by atoms with E-state index in [9.17, 15) is 4.79 Å². The molecule has 0 aliphatic carbocycles. The molecule has 4 nitrogen and oxygen atoms in total. The molecule has 5 heteroatoms. The Bertz CT molecular complexity index is 627. The number of carbonyl (C=O) groups excluding carboxylic acids is 1. The third kappa shape index (κ3) is 3.92. The molecule has 2 N–H and O–H groups in total. The van der Waals surface area contributed by atoms with Crippen LogP contribution in [0.4, 0.5) is 0 Å². The molecule has 0 unspecified atom stereocenters. The third-order valence-electron chi connectivity index (χ3n) is 2.60. The van der Waals surface area contributed by atoms with Gasteiger partial charge in [-0.15, -0.1) is 0 Å². The lowest BCUT2D eigenvalue weighted by Gasteiger charge is -2.05. The standard InChI is InChI=1S/C15H14N2O2S/c18-9-2-4-13-3-1-7-16-14(13)15(19)17-8-5-12-6-10-20-11-12/h1,3,6-7,10-11,18H,5,8-9H2,(H,17,19). The zero-order valence-corrected chi connectivity index (χ0v) is 11.6. The number of amides is 1. The lowest BCUT2D eigenvalue weighted by Crippen LogP contribution is -2.27. The molecule has 2 rings (SSSR count). The van der Waals surface area contributed by atoms with E-state index in [4.69, 9.17) is 5.11 Å². The van der Waals surface area contributed by atoms with Crippen LogP contribution in [0, 0.1) is 11.8 Å². The summed E-state index contributed by atoms with van der Waals surface area (Å²) in [5.74, 6) is 5.00.